The van der Waals surface area contributed by atoms with Crippen LogP contribution in [0.5, 0.6) is 0 Å². The van der Waals surface area contributed by atoms with E-state index in [0.29, 0.717) is 4.68 Å². The van der Waals surface area contributed by atoms with Gasteiger partial charge in [-0.05, 0) is 26.8 Å². The molecule has 1 aliphatic heterocycles. The fourth-order valence-corrected chi connectivity index (χ4v) is 2.68. The number of nitrogens with zero attached hydrogens (tertiary/aromatic N) is 3. The number of imide groups is 1. The van der Waals surface area contributed by atoms with Crippen LogP contribution in [0.1, 0.15) is 26.5 Å². The molecule has 0 radical (unpaired) electrons. The fraction of sp³-hybridized carbons (Fsp3) is 0.571. The number of aromatic nitrogens is 2. The van der Waals surface area contributed by atoms with Crippen LogP contribution in [0.3, 0.4) is 0 Å². The largest absolute Gasteiger partial charge is 0.465 e. The number of hydrogen-bond donors (Lipinski definition) is 3. The molecule has 144 valence electrons. The number of nitrogens with one attached hydrogen (secondary N) is 2. The topological polar surface area (TPSA) is 117 Å². The monoisotopic (exact) mass is 377 g/mol. The van der Waals surface area contributed by atoms with E-state index in [1.807, 2.05) is 5.32 Å². The second-order valence-corrected chi connectivity index (χ2v) is 6.84. The summed E-state index contributed by atoms with van der Waals surface area (Å²) in [6.07, 6.45) is -4.98. The van der Waals surface area contributed by atoms with Crippen LogP contribution >= 0.6 is 0 Å². The lowest BCUT2D eigenvalue weighted by Gasteiger charge is -2.39. The minimum atomic E-state index is -4.63. The highest BCUT2D eigenvalue weighted by Crippen LogP contribution is 2.30. The van der Waals surface area contributed by atoms with Crippen LogP contribution in [0.25, 0.3) is 0 Å². The lowest BCUT2D eigenvalue weighted by atomic mass is 9.92. The summed E-state index contributed by atoms with van der Waals surface area (Å²) in [4.78, 5) is 36.7. The van der Waals surface area contributed by atoms with Crippen molar-refractivity contribution < 1.29 is 32.7 Å². The van der Waals surface area contributed by atoms with E-state index in [2.05, 4.69) is 10.4 Å². The number of halogens is 3. The quantitative estimate of drug-likeness (QED) is 0.683. The van der Waals surface area contributed by atoms with Gasteiger partial charge in [0.05, 0.1) is 12.2 Å². The van der Waals surface area contributed by atoms with Gasteiger partial charge in [0, 0.05) is 11.7 Å². The Hall–Kier alpha value is -2.79. The molecule has 0 spiro atoms. The van der Waals surface area contributed by atoms with Crippen molar-refractivity contribution in [3.8, 4) is 0 Å². The average molecular weight is 377 g/mol. The number of amides is 4. The Labute approximate surface area is 146 Å². The molecule has 0 aliphatic carbocycles. The van der Waals surface area contributed by atoms with Crippen molar-refractivity contribution in [2.75, 3.05) is 6.54 Å². The summed E-state index contributed by atoms with van der Waals surface area (Å²) in [5.74, 6) is -0.957. The molecular formula is C14H18F3N5O4. The van der Waals surface area contributed by atoms with Gasteiger partial charge in [0.1, 0.15) is 6.54 Å². The summed E-state index contributed by atoms with van der Waals surface area (Å²) >= 11 is 0. The molecule has 3 N–H and O–H groups in total. The Morgan fingerprint density at radius 3 is 2.38 bits per heavy atom. The van der Waals surface area contributed by atoms with Crippen LogP contribution in [-0.4, -0.2) is 56.1 Å². The van der Waals surface area contributed by atoms with Crippen LogP contribution in [0.2, 0.25) is 0 Å². The molecule has 2 rings (SSSR count). The summed E-state index contributed by atoms with van der Waals surface area (Å²) in [7, 11) is 0. The lowest BCUT2D eigenvalue weighted by Crippen LogP contribution is -2.59. The van der Waals surface area contributed by atoms with Gasteiger partial charge in [0.2, 0.25) is 0 Å². The molecule has 26 heavy (non-hydrogen) atoms. The molecule has 1 aromatic heterocycles. The van der Waals surface area contributed by atoms with E-state index in [1.54, 1.807) is 20.8 Å². The highest BCUT2D eigenvalue weighted by Gasteiger charge is 2.53. The van der Waals surface area contributed by atoms with Crippen molar-refractivity contribution >= 4 is 18.0 Å². The van der Waals surface area contributed by atoms with Gasteiger partial charge in [0.15, 0.2) is 5.54 Å². The first kappa shape index (κ1) is 19.5. The third-order valence-corrected chi connectivity index (χ3v) is 3.86. The molecule has 0 saturated carbocycles. The molecule has 1 aliphatic rings. The van der Waals surface area contributed by atoms with E-state index in [-0.39, 0.29) is 5.69 Å². The van der Waals surface area contributed by atoms with Gasteiger partial charge in [-0.15, -0.1) is 0 Å². The molecule has 0 aromatic carbocycles. The number of carbonyl (C=O) groups is 3. The van der Waals surface area contributed by atoms with Crippen molar-refractivity contribution in [3.63, 3.8) is 0 Å². The zero-order chi connectivity index (χ0) is 19.9. The molecule has 1 fully saturated rings. The van der Waals surface area contributed by atoms with Crippen LogP contribution in [0, 0.1) is 0 Å². The van der Waals surface area contributed by atoms with E-state index in [4.69, 9.17) is 0 Å². The lowest BCUT2D eigenvalue weighted by molar-refractivity contribution is -0.144. The number of carbonyl (C=O) groups excluding carboxylic acids is 2. The smallest absolute Gasteiger partial charge is 0.408 e. The molecule has 1 aromatic rings. The predicted molar refractivity (Wildman–Crippen MR) is 81.1 cm³/mol. The van der Waals surface area contributed by atoms with Crippen LogP contribution < -0.4 is 10.6 Å². The van der Waals surface area contributed by atoms with Gasteiger partial charge in [-0.3, -0.25) is 14.8 Å². The summed E-state index contributed by atoms with van der Waals surface area (Å²) in [5.41, 5.74) is -3.29. The minimum absolute atomic E-state index is 0.270. The first-order valence-corrected chi connectivity index (χ1v) is 7.49. The average Bonchev–Trinajstić information content (AvgIpc) is 2.97. The minimum Gasteiger partial charge on any atom is -0.465 e. The molecule has 1 atom stereocenters. The molecule has 2 heterocycles. The molecule has 4 amide bonds. The number of rotatable bonds is 4. The standard InChI is InChI=1S/C14H18F3N5O4/c1-12(2,3)21(11(25)26)6-13(9(23)19-10(24)20-13)8-4-5-18-22(8)7-14(15,16)17/h4-5H,6-7H2,1-3H3,(H,25,26)(H2,19,20,23,24). The predicted octanol–water partition coefficient (Wildman–Crippen LogP) is 1.26. The molecule has 12 heteroatoms. The summed E-state index contributed by atoms with van der Waals surface area (Å²) in [5, 5.41) is 17.3. The Morgan fingerprint density at radius 2 is 1.96 bits per heavy atom. The Balaban J connectivity index is 2.56. The van der Waals surface area contributed by atoms with Gasteiger partial charge < -0.3 is 15.3 Å². The number of urea groups is 1. The van der Waals surface area contributed by atoms with E-state index < -0.39 is 48.4 Å². The van der Waals surface area contributed by atoms with E-state index >= 15 is 0 Å². The normalized spacial score (nSPS) is 20.7. The summed E-state index contributed by atoms with van der Waals surface area (Å²) < 4.78 is 39.0. The van der Waals surface area contributed by atoms with Crippen molar-refractivity contribution in [1.82, 2.24) is 25.3 Å². The Morgan fingerprint density at radius 1 is 1.35 bits per heavy atom. The second-order valence-electron chi connectivity index (χ2n) is 6.84. The van der Waals surface area contributed by atoms with Gasteiger partial charge in [-0.25, -0.2) is 9.59 Å². The van der Waals surface area contributed by atoms with Crippen molar-refractivity contribution in [2.24, 2.45) is 0 Å². The van der Waals surface area contributed by atoms with Crippen LogP contribution in [0.15, 0.2) is 12.3 Å². The SMILES string of the molecule is CC(C)(C)N(CC1(c2ccnn2CC(F)(F)F)NC(=O)NC1=O)C(=O)O. The highest BCUT2D eigenvalue weighted by molar-refractivity contribution is 6.07. The first-order valence-electron chi connectivity index (χ1n) is 7.49. The summed E-state index contributed by atoms with van der Waals surface area (Å²) in [6, 6.07) is 0.202. The number of alkyl halides is 3. The third kappa shape index (κ3) is 3.73. The fourth-order valence-electron chi connectivity index (χ4n) is 2.68. The first-order chi connectivity index (χ1) is 11.8. The highest BCUT2D eigenvalue weighted by atomic mass is 19.4. The maximum absolute atomic E-state index is 12.8. The van der Waals surface area contributed by atoms with E-state index in [9.17, 15) is 32.7 Å². The summed E-state index contributed by atoms with van der Waals surface area (Å²) in [6.45, 7) is 2.57. The molecular weight excluding hydrogens is 359 g/mol. The van der Waals surface area contributed by atoms with Crippen molar-refractivity contribution in [1.29, 1.82) is 0 Å². The van der Waals surface area contributed by atoms with E-state index in [1.165, 1.54) is 0 Å². The molecule has 1 saturated heterocycles. The van der Waals surface area contributed by atoms with Crippen molar-refractivity contribution in [3.05, 3.63) is 18.0 Å². The maximum Gasteiger partial charge on any atom is 0.408 e. The van der Waals surface area contributed by atoms with Crippen molar-refractivity contribution in [2.45, 2.75) is 44.6 Å². The Kier molecular flexibility index (Phi) is 4.64. The third-order valence-electron chi connectivity index (χ3n) is 3.86. The Bertz CT molecular complexity index is 740. The molecule has 1 unspecified atom stereocenters. The number of carboxylic acid groups (broad SMARTS) is 1. The van der Waals surface area contributed by atoms with Gasteiger partial charge >= 0.3 is 18.3 Å². The van der Waals surface area contributed by atoms with Crippen LogP contribution in [0.4, 0.5) is 22.8 Å². The number of hydrogen-bond acceptors (Lipinski definition) is 4. The zero-order valence-corrected chi connectivity index (χ0v) is 14.2. The van der Waals surface area contributed by atoms with Gasteiger partial charge in [-0.1, -0.05) is 0 Å². The molecule has 9 nitrogen and oxygen atoms in total. The van der Waals surface area contributed by atoms with Gasteiger partial charge in [0.25, 0.3) is 5.91 Å². The van der Waals surface area contributed by atoms with E-state index in [0.717, 1.165) is 17.2 Å². The second kappa shape index (κ2) is 6.18. The maximum atomic E-state index is 12.8. The zero-order valence-electron chi connectivity index (χ0n) is 14.2. The van der Waals surface area contributed by atoms with Gasteiger partial charge in [-0.2, -0.15) is 18.3 Å². The van der Waals surface area contributed by atoms with Crippen LogP contribution in [-0.2, 0) is 16.9 Å². The molecule has 0 bridgehead atoms.